The van der Waals surface area contributed by atoms with Gasteiger partial charge in [0.25, 0.3) is 0 Å². The number of hydrogen-bond acceptors (Lipinski definition) is 5. The van der Waals surface area contributed by atoms with E-state index in [0.29, 0.717) is 5.56 Å². The van der Waals surface area contributed by atoms with E-state index in [-0.39, 0.29) is 5.75 Å². The fourth-order valence-electron chi connectivity index (χ4n) is 1.94. The normalized spacial score (nSPS) is 11.3. The first-order valence-electron chi connectivity index (χ1n) is 6.27. The molecule has 0 aliphatic carbocycles. The van der Waals surface area contributed by atoms with Gasteiger partial charge in [0.05, 0.1) is 16.4 Å². The Morgan fingerprint density at radius 2 is 2.14 bits per heavy atom. The number of phenolic OH excluding ortho intramolecular Hbond substituents is 1. The van der Waals surface area contributed by atoms with E-state index in [1.54, 1.807) is 17.6 Å². The van der Waals surface area contributed by atoms with Gasteiger partial charge in [-0.1, -0.05) is 23.5 Å². The van der Waals surface area contributed by atoms with Crippen LogP contribution in [0.25, 0.3) is 10.2 Å². The van der Waals surface area contributed by atoms with Crippen LogP contribution in [0.15, 0.2) is 41.5 Å². The quantitative estimate of drug-likeness (QED) is 0.384. The van der Waals surface area contributed by atoms with E-state index in [4.69, 9.17) is 0 Å². The Labute approximate surface area is 139 Å². The van der Waals surface area contributed by atoms with E-state index >= 15 is 0 Å². The van der Waals surface area contributed by atoms with Crippen LogP contribution in [0.4, 0.5) is 5.13 Å². The summed E-state index contributed by atoms with van der Waals surface area (Å²) in [6.45, 7) is 1.87. The lowest BCUT2D eigenvalue weighted by Gasteiger charge is -2.03. The average molecular weight is 409 g/mol. The minimum absolute atomic E-state index is 0.255. The molecule has 4 nitrogen and oxygen atoms in total. The zero-order valence-electron chi connectivity index (χ0n) is 11.2. The molecule has 0 saturated heterocycles. The number of anilines is 1. The highest BCUT2D eigenvalue weighted by Gasteiger charge is 2.04. The van der Waals surface area contributed by atoms with Crippen LogP contribution < -0.4 is 5.43 Å². The first kappa shape index (κ1) is 14.3. The number of hydrogen-bond donors (Lipinski definition) is 2. The topological polar surface area (TPSA) is 57.5 Å². The van der Waals surface area contributed by atoms with Crippen LogP contribution in [0, 0.1) is 10.5 Å². The van der Waals surface area contributed by atoms with E-state index in [0.717, 1.165) is 24.5 Å². The summed E-state index contributed by atoms with van der Waals surface area (Å²) in [7, 11) is 0. The summed E-state index contributed by atoms with van der Waals surface area (Å²) in [6, 6.07) is 11.7. The van der Waals surface area contributed by atoms with Crippen LogP contribution in [0.3, 0.4) is 0 Å². The van der Waals surface area contributed by atoms with E-state index in [1.807, 2.05) is 43.3 Å². The maximum absolute atomic E-state index is 10.00. The standard InChI is InChI=1S/C15H12IN3OS/c1-9-6-11(16)7-10(14(9)20)8-17-19-15-18-12-4-2-3-5-13(12)21-15/h2-8,20H,1H3,(H,18,19)/b17-8-. The van der Waals surface area contributed by atoms with Crippen molar-refractivity contribution in [3.8, 4) is 5.75 Å². The molecule has 3 rings (SSSR count). The molecular weight excluding hydrogens is 397 g/mol. The lowest BCUT2D eigenvalue weighted by molar-refractivity contribution is 0.470. The Bertz CT molecular complexity index is 796. The molecule has 0 atom stereocenters. The molecule has 0 spiro atoms. The van der Waals surface area contributed by atoms with E-state index in [9.17, 15) is 5.11 Å². The number of halogens is 1. The van der Waals surface area contributed by atoms with Gasteiger partial charge in [0.15, 0.2) is 0 Å². The van der Waals surface area contributed by atoms with Crippen LogP contribution in [-0.4, -0.2) is 16.3 Å². The number of thiazole rings is 1. The van der Waals surface area contributed by atoms with Crippen molar-refractivity contribution in [2.24, 2.45) is 5.10 Å². The Morgan fingerprint density at radius 1 is 1.33 bits per heavy atom. The molecule has 0 aliphatic heterocycles. The van der Waals surface area contributed by atoms with Crippen molar-refractivity contribution in [1.29, 1.82) is 0 Å². The minimum atomic E-state index is 0.255. The number of aromatic hydroxyl groups is 1. The number of para-hydroxylation sites is 1. The number of phenols is 1. The molecule has 0 fully saturated rings. The first-order chi connectivity index (χ1) is 10.1. The fraction of sp³-hybridized carbons (Fsp3) is 0.0667. The van der Waals surface area contributed by atoms with E-state index < -0.39 is 0 Å². The number of aromatic nitrogens is 1. The number of hydrazone groups is 1. The molecule has 0 bridgehead atoms. The third-order valence-corrected chi connectivity index (χ3v) is 4.52. The molecule has 2 aromatic carbocycles. The van der Waals surface area contributed by atoms with Gasteiger partial charge in [0.2, 0.25) is 5.13 Å². The SMILES string of the molecule is Cc1cc(I)cc(/C=N\Nc2nc3ccccc3s2)c1O. The average Bonchev–Trinajstić information content (AvgIpc) is 2.86. The Morgan fingerprint density at radius 3 is 2.95 bits per heavy atom. The number of nitrogens with zero attached hydrogens (tertiary/aromatic N) is 2. The van der Waals surface area contributed by atoms with Crippen LogP contribution in [0.5, 0.6) is 5.75 Å². The number of aryl methyl sites for hydroxylation is 1. The molecule has 0 radical (unpaired) electrons. The van der Waals surface area contributed by atoms with Gasteiger partial charge in [-0.05, 0) is 59.3 Å². The van der Waals surface area contributed by atoms with Crippen molar-refractivity contribution in [3.63, 3.8) is 0 Å². The molecule has 6 heteroatoms. The smallest absolute Gasteiger partial charge is 0.204 e. The maximum Gasteiger partial charge on any atom is 0.204 e. The van der Waals surface area contributed by atoms with Crippen molar-refractivity contribution in [1.82, 2.24) is 4.98 Å². The molecular formula is C15H12IN3OS. The molecule has 21 heavy (non-hydrogen) atoms. The molecule has 3 aromatic rings. The lowest BCUT2D eigenvalue weighted by Crippen LogP contribution is -1.92. The largest absolute Gasteiger partial charge is 0.507 e. The molecule has 0 amide bonds. The Kier molecular flexibility index (Phi) is 4.07. The molecule has 0 aliphatic rings. The van der Waals surface area contributed by atoms with Gasteiger partial charge < -0.3 is 5.11 Å². The summed E-state index contributed by atoms with van der Waals surface area (Å²) in [5.74, 6) is 0.255. The molecule has 1 heterocycles. The van der Waals surface area contributed by atoms with Gasteiger partial charge >= 0.3 is 0 Å². The molecule has 0 unspecified atom stereocenters. The molecule has 2 N–H and O–H groups in total. The van der Waals surface area contributed by atoms with Gasteiger partial charge in [-0.3, -0.25) is 5.43 Å². The number of rotatable bonds is 3. The number of fused-ring (bicyclic) bond motifs is 1. The predicted molar refractivity (Wildman–Crippen MR) is 96.4 cm³/mol. The number of benzene rings is 2. The monoisotopic (exact) mass is 409 g/mol. The van der Waals surface area contributed by atoms with Crippen molar-refractivity contribution in [2.45, 2.75) is 6.92 Å². The van der Waals surface area contributed by atoms with Crippen molar-refractivity contribution in [3.05, 3.63) is 51.1 Å². The summed E-state index contributed by atoms with van der Waals surface area (Å²) in [5.41, 5.74) is 5.39. The highest BCUT2D eigenvalue weighted by molar-refractivity contribution is 14.1. The van der Waals surface area contributed by atoms with Crippen LogP contribution in [0.1, 0.15) is 11.1 Å². The van der Waals surface area contributed by atoms with Gasteiger partial charge in [0, 0.05) is 9.13 Å². The minimum Gasteiger partial charge on any atom is -0.507 e. The molecule has 0 saturated carbocycles. The summed E-state index contributed by atoms with van der Waals surface area (Å²) >= 11 is 3.76. The number of nitrogens with one attached hydrogen (secondary N) is 1. The van der Waals surface area contributed by atoms with Crippen molar-refractivity contribution < 1.29 is 5.11 Å². The highest BCUT2D eigenvalue weighted by atomic mass is 127. The summed E-state index contributed by atoms with van der Waals surface area (Å²) in [4.78, 5) is 4.43. The van der Waals surface area contributed by atoms with Gasteiger partial charge in [0.1, 0.15) is 5.75 Å². The summed E-state index contributed by atoms with van der Waals surface area (Å²) < 4.78 is 2.17. The fourth-order valence-corrected chi connectivity index (χ4v) is 3.56. The summed E-state index contributed by atoms with van der Waals surface area (Å²) in [6.07, 6.45) is 1.61. The lowest BCUT2D eigenvalue weighted by atomic mass is 10.1. The Hall–Kier alpha value is -1.67. The summed E-state index contributed by atoms with van der Waals surface area (Å²) in [5, 5.41) is 14.9. The maximum atomic E-state index is 10.00. The van der Waals surface area contributed by atoms with Gasteiger partial charge in [-0.15, -0.1) is 0 Å². The van der Waals surface area contributed by atoms with Crippen LogP contribution in [-0.2, 0) is 0 Å². The van der Waals surface area contributed by atoms with E-state index in [2.05, 4.69) is 38.1 Å². The second-order valence-electron chi connectivity index (χ2n) is 4.52. The van der Waals surface area contributed by atoms with Crippen molar-refractivity contribution >= 4 is 55.5 Å². The predicted octanol–water partition coefficient (Wildman–Crippen LogP) is 4.36. The third kappa shape index (κ3) is 3.16. The zero-order chi connectivity index (χ0) is 14.8. The van der Waals surface area contributed by atoms with E-state index in [1.165, 1.54) is 0 Å². The zero-order valence-corrected chi connectivity index (χ0v) is 14.1. The first-order valence-corrected chi connectivity index (χ1v) is 8.17. The molecule has 1 aromatic heterocycles. The highest BCUT2D eigenvalue weighted by Crippen LogP contribution is 2.26. The van der Waals surface area contributed by atoms with Gasteiger partial charge in [-0.25, -0.2) is 4.98 Å². The second kappa shape index (κ2) is 5.98. The van der Waals surface area contributed by atoms with Crippen LogP contribution >= 0.6 is 33.9 Å². The Balaban J connectivity index is 1.81. The van der Waals surface area contributed by atoms with Crippen LogP contribution in [0.2, 0.25) is 0 Å². The van der Waals surface area contributed by atoms with Crippen molar-refractivity contribution in [2.75, 3.05) is 5.43 Å². The van der Waals surface area contributed by atoms with Gasteiger partial charge in [-0.2, -0.15) is 5.10 Å². The molecule has 106 valence electrons. The third-order valence-electron chi connectivity index (χ3n) is 2.95. The second-order valence-corrected chi connectivity index (χ2v) is 6.79.